The van der Waals surface area contributed by atoms with Crippen LogP contribution < -0.4 is 0 Å². The number of hydrogen-bond donors (Lipinski definition) is 0. The molecule has 0 spiro atoms. The fourth-order valence-electron chi connectivity index (χ4n) is 8.28. The van der Waals surface area contributed by atoms with Crippen molar-refractivity contribution in [3.8, 4) is 0 Å². The van der Waals surface area contributed by atoms with Crippen LogP contribution in [0.5, 0.6) is 0 Å². The lowest BCUT2D eigenvalue weighted by Gasteiger charge is -2.18. The van der Waals surface area contributed by atoms with Crippen molar-refractivity contribution >= 4 is 17.9 Å². The summed E-state index contributed by atoms with van der Waals surface area (Å²) in [5.74, 6) is 0.868. The Morgan fingerprint density at radius 3 is 0.852 bits per heavy atom. The maximum atomic E-state index is 12.8. The topological polar surface area (TPSA) is 78.9 Å². The van der Waals surface area contributed by atoms with E-state index in [1.54, 1.807) is 0 Å². The maximum absolute atomic E-state index is 12.8. The van der Waals surface area contributed by atoms with Crippen molar-refractivity contribution in [2.45, 2.75) is 310 Å². The van der Waals surface area contributed by atoms with Crippen molar-refractivity contribution < 1.29 is 28.6 Å². The zero-order valence-corrected chi connectivity index (χ0v) is 41.8. The second-order valence-corrected chi connectivity index (χ2v) is 19.4. The van der Waals surface area contributed by atoms with Gasteiger partial charge >= 0.3 is 17.9 Å². The van der Waals surface area contributed by atoms with Gasteiger partial charge < -0.3 is 14.2 Å². The number of hydrogen-bond acceptors (Lipinski definition) is 6. The average Bonchev–Trinajstić information content (AvgIpc) is 3.26. The molecule has 0 aromatic rings. The molecule has 0 N–H and O–H groups in total. The molecule has 0 aliphatic rings. The van der Waals surface area contributed by atoms with Crippen molar-refractivity contribution in [2.75, 3.05) is 13.2 Å². The highest BCUT2D eigenvalue weighted by Crippen LogP contribution is 2.18. The van der Waals surface area contributed by atoms with E-state index in [9.17, 15) is 14.4 Å². The Kier molecular flexibility index (Phi) is 46.6. The van der Waals surface area contributed by atoms with Crippen LogP contribution in [-0.2, 0) is 28.6 Å². The largest absolute Gasteiger partial charge is 0.462 e. The molecule has 0 aliphatic heterocycles. The third-order valence-electron chi connectivity index (χ3n) is 13.2. The van der Waals surface area contributed by atoms with E-state index in [2.05, 4.69) is 34.6 Å². The summed E-state index contributed by atoms with van der Waals surface area (Å²) in [6.45, 7) is 11.4. The van der Waals surface area contributed by atoms with Crippen molar-refractivity contribution in [1.29, 1.82) is 0 Å². The second kappa shape index (κ2) is 47.9. The molecular weight excluding hydrogens is 757 g/mol. The zero-order valence-electron chi connectivity index (χ0n) is 41.8. The normalized spacial score (nSPS) is 12.9. The lowest BCUT2D eigenvalue weighted by atomic mass is 9.99. The molecule has 0 aromatic heterocycles. The molecule has 0 saturated heterocycles. The summed E-state index contributed by atoms with van der Waals surface area (Å²) in [4.78, 5) is 38.0. The van der Waals surface area contributed by atoms with Gasteiger partial charge in [-0.3, -0.25) is 14.4 Å². The summed E-state index contributed by atoms with van der Waals surface area (Å²) >= 11 is 0. The predicted octanol–water partition coefficient (Wildman–Crippen LogP) is 17.7. The summed E-state index contributed by atoms with van der Waals surface area (Å²) in [5, 5.41) is 0. The lowest BCUT2D eigenvalue weighted by molar-refractivity contribution is -0.167. The second-order valence-electron chi connectivity index (χ2n) is 19.4. The third-order valence-corrected chi connectivity index (χ3v) is 13.2. The van der Waals surface area contributed by atoms with E-state index in [0.29, 0.717) is 19.3 Å². The van der Waals surface area contributed by atoms with Crippen LogP contribution in [-0.4, -0.2) is 37.2 Å². The fourth-order valence-corrected chi connectivity index (χ4v) is 8.28. The minimum Gasteiger partial charge on any atom is -0.462 e. The molecule has 0 heterocycles. The molecule has 61 heavy (non-hydrogen) atoms. The maximum Gasteiger partial charge on any atom is 0.306 e. The minimum absolute atomic E-state index is 0.0638. The van der Waals surface area contributed by atoms with Gasteiger partial charge in [-0.15, -0.1) is 0 Å². The van der Waals surface area contributed by atoms with Crippen molar-refractivity contribution in [3.05, 3.63) is 0 Å². The zero-order chi connectivity index (χ0) is 44.7. The highest BCUT2D eigenvalue weighted by atomic mass is 16.6. The Morgan fingerprint density at radius 2 is 0.574 bits per heavy atom. The van der Waals surface area contributed by atoms with E-state index in [0.717, 1.165) is 69.6 Å². The molecule has 2 unspecified atom stereocenters. The highest BCUT2D eigenvalue weighted by molar-refractivity contribution is 5.71. The molecule has 0 aliphatic carbocycles. The van der Waals surface area contributed by atoms with Gasteiger partial charge in [0.1, 0.15) is 13.2 Å². The number of carbonyl (C=O) groups excluding carboxylic acids is 3. The molecule has 6 heteroatoms. The van der Waals surface area contributed by atoms with Gasteiger partial charge in [0.2, 0.25) is 0 Å². The van der Waals surface area contributed by atoms with E-state index in [1.807, 2.05) is 0 Å². The molecule has 0 rings (SSSR count). The van der Waals surface area contributed by atoms with Gasteiger partial charge in [-0.05, 0) is 31.1 Å². The number of rotatable bonds is 49. The summed E-state index contributed by atoms with van der Waals surface area (Å²) in [6.07, 6.45) is 49.4. The summed E-state index contributed by atoms with van der Waals surface area (Å²) < 4.78 is 16.8. The molecule has 0 radical (unpaired) electrons. The van der Waals surface area contributed by atoms with Gasteiger partial charge in [0.15, 0.2) is 6.10 Å². The first kappa shape index (κ1) is 59.4. The Bertz CT molecular complexity index is 935. The smallest absolute Gasteiger partial charge is 0.306 e. The molecule has 0 aromatic carbocycles. The SMILES string of the molecule is CCCCCCCCCCCCCCCCCCCC(=O)OC[C@H](COC(=O)CCCCCCCCCCCCC(C)CC)OC(=O)CCCCCCCCCCC(C)CC. The van der Waals surface area contributed by atoms with Crippen LogP contribution in [0.2, 0.25) is 0 Å². The van der Waals surface area contributed by atoms with Crippen LogP contribution in [0.4, 0.5) is 0 Å². The molecule has 0 fully saturated rings. The first-order valence-corrected chi connectivity index (χ1v) is 27.3. The summed E-state index contributed by atoms with van der Waals surface area (Å²) in [7, 11) is 0. The van der Waals surface area contributed by atoms with E-state index >= 15 is 0 Å². The van der Waals surface area contributed by atoms with E-state index in [1.165, 1.54) is 193 Å². The van der Waals surface area contributed by atoms with Crippen LogP contribution in [0.25, 0.3) is 0 Å². The lowest BCUT2D eigenvalue weighted by Crippen LogP contribution is -2.30. The molecule has 0 saturated carbocycles. The van der Waals surface area contributed by atoms with Crippen molar-refractivity contribution in [3.63, 3.8) is 0 Å². The first-order chi connectivity index (χ1) is 29.8. The molecule has 362 valence electrons. The minimum atomic E-state index is -0.763. The standard InChI is InChI=1S/C55H106O6/c1-6-9-10-11-12-13-14-15-16-17-18-19-20-24-30-35-40-45-53(56)59-48-52(61-55(58)47-42-37-32-27-26-29-34-39-44-51(5)8-3)49-60-54(57)46-41-36-31-25-22-21-23-28-33-38-43-50(4)7-2/h50-52H,6-49H2,1-5H3/t50?,51?,52-/m1/s1. The first-order valence-electron chi connectivity index (χ1n) is 27.3. The predicted molar refractivity (Wildman–Crippen MR) is 261 cm³/mol. The van der Waals surface area contributed by atoms with Gasteiger partial charge in [-0.25, -0.2) is 0 Å². The van der Waals surface area contributed by atoms with E-state index in [-0.39, 0.29) is 31.1 Å². The van der Waals surface area contributed by atoms with Crippen LogP contribution in [0, 0.1) is 11.8 Å². The van der Waals surface area contributed by atoms with Gasteiger partial charge in [0.25, 0.3) is 0 Å². The summed E-state index contributed by atoms with van der Waals surface area (Å²) in [5.41, 5.74) is 0. The molecule has 3 atom stereocenters. The van der Waals surface area contributed by atoms with Crippen LogP contribution in [0.3, 0.4) is 0 Å². The number of ether oxygens (including phenoxy) is 3. The molecule has 0 bridgehead atoms. The molecule has 6 nitrogen and oxygen atoms in total. The summed E-state index contributed by atoms with van der Waals surface area (Å²) in [6, 6.07) is 0. The Morgan fingerprint density at radius 1 is 0.328 bits per heavy atom. The number of esters is 3. The highest BCUT2D eigenvalue weighted by Gasteiger charge is 2.19. The van der Waals surface area contributed by atoms with Gasteiger partial charge in [0, 0.05) is 19.3 Å². The van der Waals surface area contributed by atoms with E-state index in [4.69, 9.17) is 14.2 Å². The van der Waals surface area contributed by atoms with Crippen LogP contribution in [0.1, 0.15) is 304 Å². The molecule has 0 amide bonds. The van der Waals surface area contributed by atoms with Gasteiger partial charge in [0.05, 0.1) is 0 Å². The van der Waals surface area contributed by atoms with Gasteiger partial charge in [-0.2, -0.15) is 0 Å². The van der Waals surface area contributed by atoms with Gasteiger partial charge in [-0.1, -0.05) is 266 Å². The van der Waals surface area contributed by atoms with Crippen LogP contribution in [0.15, 0.2) is 0 Å². The van der Waals surface area contributed by atoms with E-state index < -0.39 is 6.10 Å². The quantitative estimate of drug-likeness (QED) is 0.0344. The Hall–Kier alpha value is -1.59. The number of unbranched alkanes of at least 4 members (excludes halogenated alkanes) is 32. The Labute approximate surface area is 380 Å². The third kappa shape index (κ3) is 46.2. The average molecular weight is 863 g/mol. The van der Waals surface area contributed by atoms with Crippen molar-refractivity contribution in [1.82, 2.24) is 0 Å². The van der Waals surface area contributed by atoms with Crippen LogP contribution >= 0.6 is 0 Å². The monoisotopic (exact) mass is 863 g/mol. The number of carbonyl (C=O) groups is 3. The van der Waals surface area contributed by atoms with Crippen molar-refractivity contribution in [2.24, 2.45) is 11.8 Å². The fraction of sp³-hybridized carbons (Fsp3) is 0.945. The Balaban J connectivity index is 4.30. The molecular formula is C55H106O6.